The van der Waals surface area contributed by atoms with E-state index in [-0.39, 0.29) is 0 Å². The first-order valence-corrected chi connectivity index (χ1v) is 12.2. The average Bonchev–Trinajstić information content (AvgIpc) is 2.36. The highest BCUT2D eigenvalue weighted by Gasteiger charge is 2.14. The third-order valence-electron chi connectivity index (χ3n) is 3.59. The van der Waals surface area contributed by atoms with Gasteiger partial charge in [0.15, 0.2) is 0 Å². The second kappa shape index (κ2) is 14.9. The van der Waals surface area contributed by atoms with Gasteiger partial charge in [-0.3, -0.25) is 10.1 Å². The molecule has 0 aromatic rings. The van der Waals surface area contributed by atoms with E-state index in [9.17, 15) is 0 Å². The highest BCUT2D eigenvalue weighted by molar-refractivity contribution is 8.25. The molecule has 0 heterocycles. The van der Waals surface area contributed by atoms with Crippen molar-refractivity contribution in [2.24, 2.45) is 0 Å². The van der Waals surface area contributed by atoms with Crippen molar-refractivity contribution in [2.75, 3.05) is 6.26 Å². The largest absolute Gasteiger partial charge is 0.348 e. The summed E-state index contributed by atoms with van der Waals surface area (Å²) in [6.45, 7) is 4.60. The monoisotopic (exact) mass is 272 g/mol. The Balaban J connectivity index is 3.30. The van der Waals surface area contributed by atoms with E-state index in [1.807, 2.05) is 0 Å². The molecule has 0 aliphatic rings. The van der Waals surface area contributed by atoms with Crippen molar-refractivity contribution >= 4 is 23.1 Å². The summed E-state index contributed by atoms with van der Waals surface area (Å²) < 4.78 is 0. The van der Waals surface area contributed by atoms with Gasteiger partial charge in [0.05, 0.1) is 0 Å². The fraction of sp³-hybridized carbons (Fsp3) is 1.00. The summed E-state index contributed by atoms with van der Waals surface area (Å²) in [5, 5.41) is 3.19. The Morgan fingerprint density at radius 1 is 0.647 bits per heavy atom. The molecule has 0 saturated heterocycles. The molecule has 0 saturated carbocycles. The maximum atomic E-state index is 2.36. The van der Waals surface area contributed by atoms with Gasteiger partial charge < -0.3 is 0 Å². The van der Waals surface area contributed by atoms with Crippen LogP contribution in [0.3, 0.4) is 0 Å². The Kier molecular flexibility index (Phi) is 15.7. The number of hydrogen-bond donors (Lipinski definition) is 0. The molecule has 102 valence electrons. The predicted octanol–water partition coefficient (Wildman–Crippen LogP) is 6.28. The summed E-state index contributed by atoms with van der Waals surface area (Å²) in [5.74, 6) is 0. The van der Waals surface area contributed by atoms with E-state index in [2.05, 4.69) is 30.2 Å². The number of rotatable bonds is 13. The molecule has 17 heavy (non-hydrogen) atoms. The van der Waals surface area contributed by atoms with Crippen LogP contribution < -0.4 is 0 Å². The summed E-state index contributed by atoms with van der Waals surface area (Å²) in [5.41, 5.74) is 0. The van der Waals surface area contributed by atoms with Gasteiger partial charge in [-0.1, -0.05) is 88.6 Å². The zero-order chi connectivity index (χ0) is 12.8. The first-order valence-electron chi connectivity index (χ1n) is 7.87. The predicted molar refractivity (Wildman–Crippen MR) is 86.4 cm³/mol. The van der Waals surface area contributed by atoms with Crippen LogP contribution in [-0.4, -0.2) is 19.3 Å². The van der Waals surface area contributed by atoms with E-state index in [0.717, 1.165) is 0 Å². The Morgan fingerprint density at radius 2 is 1.06 bits per heavy atom. The summed E-state index contributed by atoms with van der Waals surface area (Å²) in [6, 6.07) is 0. The lowest BCUT2D eigenvalue weighted by atomic mass is 10.2. The van der Waals surface area contributed by atoms with Crippen molar-refractivity contribution in [1.29, 1.82) is 0 Å². The molecule has 0 radical (unpaired) electrons. The van der Waals surface area contributed by atoms with Gasteiger partial charge in [-0.05, 0) is 6.26 Å². The van der Waals surface area contributed by atoms with Gasteiger partial charge in [0.25, 0.3) is 0 Å². The lowest BCUT2D eigenvalue weighted by Gasteiger charge is -2.08. The van der Waals surface area contributed by atoms with Crippen LogP contribution in [0.25, 0.3) is 0 Å². The lowest BCUT2D eigenvalue weighted by molar-refractivity contribution is 0.647. The number of hydrogen-bond acceptors (Lipinski definition) is 1. The molecule has 0 atom stereocenters. The van der Waals surface area contributed by atoms with Gasteiger partial charge >= 0.3 is 13.0 Å². The highest BCUT2D eigenvalue weighted by Crippen LogP contribution is 2.20. The van der Waals surface area contributed by atoms with Crippen molar-refractivity contribution in [3.8, 4) is 0 Å². The Bertz CT molecular complexity index is 125. The second-order valence-corrected chi connectivity index (χ2v) is 11.5. The zero-order valence-corrected chi connectivity index (χ0v) is 14.4. The minimum atomic E-state index is -0.399. The van der Waals surface area contributed by atoms with Gasteiger partial charge in [0.2, 0.25) is 0 Å². The van der Waals surface area contributed by atoms with Crippen molar-refractivity contribution < 1.29 is 0 Å². The van der Waals surface area contributed by atoms with Crippen molar-refractivity contribution in [1.82, 2.24) is 0 Å². The van der Waals surface area contributed by atoms with Crippen LogP contribution in [0.5, 0.6) is 0 Å². The first-order chi connectivity index (χ1) is 8.35. The van der Waals surface area contributed by atoms with Crippen LogP contribution in [0.4, 0.5) is 0 Å². The summed E-state index contributed by atoms with van der Waals surface area (Å²) in [4.78, 5) is 0. The van der Waals surface area contributed by atoms with Crippen LogP contribution >= 0.6 is 10.1 Å². The van der Waals surface area contributed by atoms with E-state index < -0.39 is 13.0 Å². The van der Waals surface area contributed by atoms with E-state index in [4.69, 9.17) is 0 Å². The Morgan fingerprint density at radius 3 is 1.41 bits per heavy atom. The summed E-state index contributed by atoms with van der Waals surface area (Å²) in [6.07, 6.45) is 17.0. The molecule has 0 amide bonds. The maximum absolute atomic E-state index is 2.36. The fourth-order valence-electron chi connectivity index (χ4n) is 2.33. The first kappa shape index (κ1) is 17.9. The van der Waals surface area contributed by atoms with Gasteiger partial charge in [0.1, 0.15) is 0 Å². The quantitative estimate of drug-likeness (QED) is 0.281. The van der Waals surface area contributed by atoms with Crippen molar-refractivity contribution in [2.45, 2.75) is 88.6 Å². The van der Waals surface area contributed by atoms with Crippen molar-refractivity contribution in [3.63, 3.8) is 0 Å². The van der Waals surface area contributed by atoms with Crippen LogP contribution in [-0.2, 0) is 0 Å². The topological polar surface area (TPSA) is 0 Å². The van der Waals surface area contributed by atoms with Crippen LogP contribution in [0.2, 0.25) is 10.6 Å². The van der Waals surface area contributed by atoms with Gasteiger partial charge in [0, 0.05) is 0 Å². The lowest BCUT2D eigenvalue weighted by Crippen LogP contribution is -2.06. The minimum Gasteiger partial charge on any atom is -0.259 e. The number of unbranched alkanes of at least 4 members (excludes halogenated alkanes) is 8. The highest BCUT2D eigenvalue weighted by atomic mass is 32.3. The maximum Gasteiger partial charge on any atom is 0.348 e. The third-order valence-corrected chi connectivity index (χ3v) is 9.78. The van der Waals surface area contributed by atoms with E-state index in [0.29, 0.717) is 0 Å². The standard InChI is InChI=1S/2C7H15.CH4S.Al/c2*1-3-5-7-6-4-2;1-2;/h2*1,3-7H2,2H3;2H,1H3;/q;;;+1/p-1. The van der Waals surface area contributed by atoms with E-state index in [1.165, 1.54) is 64.2 Å². The zero-order valence-electron chi connectivity index (χ0n) is 12.5. The third kappa shape index (κ3) is 13.1. The molecule has 0 unspecified atom stereocenters. The van der Waals surface area contributed by atoms with Crippen LogP contribution in [0.1, 0.15) is 78.1 Å². The van der Waals surface area contributed by atoms with E-state index >= 15 is 0 Å². The molecule has 0 spiro atoms. The molecule has 0 rings (SSSR count). The summed E-state index contributed by atoms with van der Waals surface area (Å²) in [7, 11) is 2.24. The molecule has 0 N–H and O–H groups in total. The smallest absolute Gasteiger partial charge is 0.259 e. The van der Waals surface area contributed by atoms with E-state index in [1.54, 1.807) is 10.6 Å². The molecule has 0 aliphatic carbocycles. The molecule has 0 aromatic heterocycles. The normalized spacial score (nSPS) is 10.8. The Labute approximate surface area is 118 Å². The molecular weight excluding hydrogens is 239 g/mol. The average molecular weight is 272 g/mol. The fourth-order valence-corrected chi connectivity index (χ4v) is 6.99. The summed E-state index contributed by atoms with van der Waals surface area (Å²) >= 11 is -0.399. The SMILES string of the molecule is CCCCCC[CH2][Al]([CH2]CCCCCC)[S]C. The molecular formula is C15H33AlS. The van der Waals surface area contributed by atoms with Crippen LogP contribution in [0, 0.1) is 0 Å². The molecule has 0 bridgehead atoms. The molecule has 2 heteroatoms. The van der Waals surface area contributed by atoms with Gasteiger partial charge in [-0.25, -0.2) is 0 Å². The molecule has 0 fully saturated rings. The van der Waals surface area contributed by atoms with Gasteiger partial charge in [-0.15, -0.1) is 0 Å². The molecule has 0 nitrogen and oxygen atoms in total. The van der Waals surface area contributed by atoms with Crippen molar-refractivity contribution in [3.05, 3.63) is 0 Å². The van der Waals surface area contributed by atoms with Crippen LogP contribution in [0.15, 0.2) is 0 Å². The molecule has 0 aromatic carbocycles. The molecule has 0 aliphatic heterocycles. The Hall–Kier alpha value is 0.882. The minimum absolute atomic E-state index is 0.399. The second-order valence-electron chi connectivity index (χ2n) is 5.26. The van der Waals surface area contributed by atoms with Gasteiger partial charge in [-0.2, -0.15) is 0 Å².